The molecule has 0 radical (unpaired) electrons. The molecule has 102 valence electrons. The molecule has 1 rings (SSSR count). The number of ether oxygens (including phenoxy) is 2. The van der Waals surface area contributed by atoms with Crippen molar-refractivity contribution in [2.24, 2.45) is 0 Å². The summed E-state index contributed by atoms with van der Waals surface area (Å²) in [6.45, 7) is 2.25. The van der Waals surface area contributed by atoms with Crippen LogP contribution in [0.5, 0.6) is 0 Å². The van der Waals surface area contributed by atoms with Crippen molar-refractivity contribution in [2.75, 3.05) is 33.5 Å². The van der Waals surface area contributed by atoms with Crippen molar-refractivity contribution in [3.05, 3.63) is 34.3 Å². The van der Waals surface area contributed by atoms with Gasteiger partial charge in [-0.25, -0.2) is 0 Å². The third kappa shape index (κ3) is 5.48. The van der Waals surface area contributed by atoms with Gasteiger partial charge >= 0.3 is 0 Å². The molecule has 0 amide bonds. The number of methoxy groups -OCH3 is 1. The van der Waals surface area contributed by atoms with E-state index in [1.54, 1.807) is 7.11 Å². The highest BCUT2D eigenvalue weighted by atomic mass is 79.9. The molecule has 1 aromatic rings. The molecule has 0 heterocycles. The lowest BCUT2D eigenvalue weighted by atomic mass is 9.97. The van der Waals surface area contributed by atoms with E-state index in [9.17, 15) is 5.11 Å². The summed E-state index contributed by atoms with van der Waals surface area (Å²) < 4.78 is 11.5. The monoisotopic (exact) mass is 316 g/mol. The molecule has 1 unspecified atom stereocenters. The van der Waals surface area contributed by atoms with Gasteiger partial charge in [-0.3, -0.25) is 0 Å². The maximum Gasteiger partial charge on any atom is 0.0501 e. The topological polar surface area (TPSA) is 38.7 Å². The summed E-state index contributed by atoms with van der Waals surface area (Å²) in [5.74, 6) is 0.128. The Morgan fingerprint density at radius 3 is 2.67 bits per heavy atom. The summed E-state index contributed by atoms with van der Waals surface area (Å²) in [4.78, 5) is 0. The Hall–Kier alpha value is -0.420. The highest BCUT2D eigenvalue weighted by molar-refractivity contribution is 9.10. The number of hydrogen-bond donors (Lipinski definition) is 1. The van der Waals surface area contributed by atoms with Crippen LogP contribution < -0.4 is 0 Å². The third-order valence-corrected chi connectivity index (χ3v) is 3.54. The molecule has 0 spiro atoms. The van der Waals surface area contributed by atoms with Crippen molar-refractivity contribution in [3.63, 3.8) is 0 Å². The Bertz CT molecular complexity index is 331. The Labute approximate surface area is 117 Å². The highest BCUT2D eigenvalue weighted by Gasteiger charge is 2.12. The van der Waals surface area contributed by atoms with E-state index < -0.39 is 0 Å². The molecular weight excluding hydrogens is 296 g/mol. The highest BCUT2D eigenvalue weighted by Crippen LogP contribution is 2.26. The van der Waals surface area contributed by atoms with Crippen LogP contribution >= 0.6 is 15.9 Å². The van der Waals surface area contributed by atoms with Crippen molar-refractivity contribution in [2.45, 2.75) is 18.8 Å². The van der Waals surface area contributed by atoms with Crippen LogP contribution in [0.2, 0.25) is 0 Å². The predicted molar refractivity (Wildman–Crippen MR) is 75.9 cm³/mol. The van der Waals surface area contributed by atoms with Crippen LogP contribution in [0.3, 0.4) is 0 Å². The van der Waals surface area contributed by atoms with E-state index in [0.717, 1.165) is 29.5 Å². The Kier molecular flexibility index (Phi) is 8.25. The van der Waals surface area contributed by atoms with E-state index in [1.807, 2.05) is 24.3 Å². The quantitative estimate of drug-likeness (QED) is 0.712. The molecule has 0 bridgehead atoms. The Morgan fingerprint density at radius 2 is 2.00 bits per heavy atom. The molecule has 0 aliphatic rings. The number of rotatable bonds is 9. The fourth-order valence-corrected chi connectivity index (χ4v) is 2.39. The summed E-state index contributed by atoms with van der Waals surface area (Å²) in [5, 5.41) is 9.45. The van der Waals surface area contributed by atoms with Gasteiger partial charge in [-0.15, -0.1) is 0 Å². The summed E-state index contributed by atoms with van der Waals surface area (Å²) in [5.41, 5.74) is 1.14. The van der Waals surface area contributed by atoms with Gasteiger partial charge < -0.3 is 14.6 Å². The normalized spacial score (nSPS) is 12.6. The summed E-state index contributed by atoms with van der Waals surface area (Å²) >= 11 is 3.51. The number of halogens is 1. The molecule has 0 aliphatic carbocycles. The van der Waals surface area contributed by atoms with Gasteiger partial charge in [0.1, 0.15) is 0 Å². The average Bonchev–Trinajstić information content (AvgIpc) is 2.39. The maximum absolute atomic E-state index is 9.45. The maximum atomic E-state index is 9.45. The predicted octanol–water partition coefficient (Wildman–Crippen LogP) is 2.97. The Morgan fingerprint density at radius 1 is 1.22 bits per heavy atom. The second kappa shape index (κ2) is 9.50. The molecule has 4 heteroatoms. The zero-order chi connectivity index (χ0) is 13.2. The lowest BCUT2D eigenvalue weighted by Gasteiger charge is -2.16. The lowest BCUT2D eigenvalue weighted by Crippen LogP contribution is -2.10. The van der Waals surface area contributed by atoms with E-state index in [4.69, 9.17) is 9.47 Å². The molecule has 1 aromatic carbocycles. The van der Waals surface area contributed by atoms with Crippen LogP contribution in [0.4, 0.5) is 0 Å². The average molecular weight is 317 g/mol. The molecule has 18 heavy (non-hydrogen) atoms. The van der Waals surface area contributed by atoms with Crippen LogP contribution in [0.25, 0.3) is 0 Å². The molecule has 1 atom stereocenters. The minimum absolute atomic E-state index is 0.128. The second-order valence-corrected chi connectivity index (χ2v) is 5.00. The van der Waals surface area contributed by atoms with Crippen LogP contribution in [0.1, 0.15) is 24.3 Å². The van der Waals surface area contributed by atoms with E-state index in [2.05, 4.69) is 15.9 Å². The van der Waals surface area contributed by atoms with Gasteiger partial charge in [0.25, 0.3) is 0 Å². The summed E-state index contributed by atoms with van der Waals surface area (Å²) in [7, 11) is 1.69. The molecule has 3 nitrogen and oxygen atoms in total. The van der Waals surface area contributed by atoms with Crippen molar-refractivity contribution in [1.82, 2.24) is 0 Å². The smallest absolute Gasteiger partial charge is 0.0501 e. The first-order chi connectivity index (χ1) is 8.79. The molecule has 0 saturated heterocycles. The molecule has 1 N–H and O–H groups in total. The van der Waals surface area contributed by atoms with Crippen molar-refractivity contribution in [1.29, 1.82) is 0 Å². The Balaban J connectivity index is 2.32. The molecule has 0 saturated carbocycles. The van der Waals surface area contributed by atoms with Crippen LogP contribution in [-0.2, 0) is 9.47 Å². The zero-order valence-corrected chi connectivity index (χ0v) is 12.4. The largest absolute Gasteiger partial charge is 0.396 e. The standard InChI is InChI=1S/C14H21BrO3/c1-17-8-4-9-18-10-7-12(11-16)13-5-2-3-6-14(13)15/h2-3,5-6,12,16H,4,7-11H2,1H3. The first kappa shape index (κ1) is 15.6. The zero-order valence-electron chi connectivity index (χ0n) is 10.8. The van der Waals surface area contributed by atoms with Gasteiger partial charge in [0, 0.05) is 37.3 Å². The van der Waals surface area contributed by atoms with Gasteiger partial charge in [-0.05, 0) is 24.5 Å². The third-order valence-electron chi connectivity index (χ3n) is 2.81. The summed E-state index contributed by atoms with van der Waals surface area (Å²) in [6.07, 6.45) is 1.74. The number of aliphatic hydroxyl groups excluding tert-OH is 1. The molecule has 0 aliphatic heterocycles. The van der Waals surface area contributed by atoms with E-state index >= 15 is 0 Å². The number of aliphatic hydroxyl groups is 1. The van der Waals surface area contributed by atoms with Gasteiger partial charge in [-0.2, -0.15) is 0 Å². The van der Waals surface area contributed by atoms with Gasteiger partial charge in [-0.1, -0.05) is 34.1 Å². The van der Waals surface area contributed by atoms with Gasteiger partial charge in [0.15, 0.2) is 0 Å². The number of hydrogen-bond acceptors (Lipinski definition) is 3. The first-order valence-corrected chi connectivity index (χ1v) is 7.01. The van der Waals surface area contributed by atoms with E-state index in [1.165, 1.54) is 0 Å². The minimum atomic E-state index is 0.128. The van der Waals surface area contributed by atoms with Crippen LogP contribution in [0, 0.1) is 0 Å². The van der Waals surface area contributed by atoms with Crippen molar-refractivity contribution in [3.8, 4) is 0 Å². The van der Waals surface area contributed by atoms with Crippen molar-refractivity contribution < 1.29 is 14.6 Å². The SMILES string of the molecule is COCCCOCCC(CO)c1ccccc1Br. The van der Waals surface area contributed by atoms with Crippen molar-refractivity contribution >= 4 is 15.9 Å². The van der Waals surface area contributed by atoms with Crippen LogP contribution in [0.15, 0.2) is 28.7 Å². The summed E-state index contributed by atoms with van der Waals surface area (Å²) in [6, 6.07) is 8.00. The van der Waals surface area contributed by atoms with E-state index in [-0.39, 0.29) is 12.5 Å². The molecule has 0 fully saturated rings. The fourth-order valence-electron chi connectivity index (χ4n) is 1.78. The van der Waals surface area contributed by atoms with E-state index in [0.29, 0.717) is 13.2 Å². The second-order valence-electron chi connectivity index (χ2n) is 4.15. The minimum Gasteiger partial charge on any atom is -0.396 e. The number of benzene rings is 1. The first-order valence-electron chi connectivity index (χ1n) is 6.21. The van der Waals surface area contributed by atoms with Gasteiger partial charge in [0.2, 0.25) is 0 Å². The molecular formula is C14H21BrO3. The fraction of sp³-hybridized carbons (Fsp3) is 0.571. The van der Waals surface area contributed by atoms with Gasteiger partial charge in [0.05, 0.1) is 6.61 Å². The molecule has 0 aromatic heterocycles. The lowest BCUT2D eigenvalue weighted by molar-refractivity contribution is 0.0937. The van der Waals surface area contributed by atoms with Crippen LogP contribution in [-0.4, -0.2) is 38.6 Å².